The molecule has 2 aromatic rings. The molecule has 3 nitrogen and oxygen atoms in total. The minimum atomic E-state index is 0.317. The molecule has 0 bridgehead atoms. The Morgan fingerprint density at radius 3 is 2.90 bits per heavy atom. The van der Waals surface area contributed by atoms with Crippen LogP contribution in [0.15, 0.2) is 42.5 Å². The summed E-state index contributed by atoms with van der Waals surface area (Å²) in [7, 11) is 0. The van der Waals surface area contributed by atoms with Crippen LogP contribution in [0.4, 0.5) is 0 Å². The zero-order chi connectivity index (χ0) is 14.7. The molecule has 1 unspecified atom stereocenters. The van der Waals surface area contributed by atoms with Gasteiger partial charge in [-0.3, -0.25) is 0 Å². The molecule has 2 aromatic carbocycles. The summed E-state index contributed by atoms with van der Waals surface area (Å²) in [6.45, 7) is 1.72. The molecule has 0 fully saturated rings. The van der Waals surface area contributed by atoms with Gasteiger partial charge in [-0.15, -0.1) is 0 Å². The number of benzene rings is 2. The van der Waals surface area contributed by atoms with Crippen molar-refractivity contribution in [2.45, 2.75) is 18.9 Å². The van der Waals surface area contributed by atoms with Gasteiger partial charge in [-0.1, -0.05) is 41.9 Å². The highest BCUT2D eigenvalue weighted by Gasteiger charge is 2.22. The average molecular weight is 304 g/mol. The molecule has 0 saturated carbocycles. The molecule has 2 N–H and O–H groups in total. The first-order valence-electron chi connectivity index (χ1n) is 7.11. The highest BCUT2D eigenvalue weighted by atomic mass is 35.5. The number of nitrogens with two attached hydrogens (primary N) is 1. The van der Waals surface area contributed by atoms with Gasteiger partial charge < -0.3 is 15.2 Å². The molecular formula is C17H18ClNO2. The Balaban J connectivity index is 1.78. The Kier molecular flexibility index (Phi) is 4.32. The van der Waals surface area contributed by atoms with Crippen molar-refractivity contribution in [1.29, 1.82) is 0 Å². The van der Waals surface area contributed by atoms with E-state index in [2.05, 4.69) is 6.07 Å². The Hall–Kier alpha value is -1.71. The van der Waals surface area contributed by atoms with E-state index in [4.69, 9.17) is 26.8 Å². The van der Waals surface area contributed by atoms with Crippen LogP contribution in [-0.2, 0) is 6.54 Å². The highest BCUT2D eigenvalue weighted by molar-refractivity contribution is 6.32. The van der Waals surface area contributed by atoms with E-state index in [1.165, 1.54) is 5.56 Å². The molecule has 110 valence electrons. The number of halogens is 1. The molecule has 1 aliphatic heterocycles. The van der Waals surface area contributed by atoms with E-state index in [9.17, 15) is 0 Å². The molecule has 1 atom stereocenters. The van der Waals surface area contributed by atoms with Crippen molar-refractivity contribution in [1.82, 2.24) is 0 Å². The van der Waals surface area contributed by atoms with Crippen molar-refractivity contribution in [3.63, 3.8) is 0 Å². The van der Waals surface area contributed by atoms with Gasteiger partial charge in [0.25, 0.3) is 0 Å². The third-order valence-corrected chi connectivity index (χ3v) is 4.08. The molecule has 0 radical (unpaired) electrons. The zero-order valence-corrected chi connectivity index (χ0v) is 12.5. The Labute approximate surface area is 129 Å². The summed E-state index contributed by atoms with van der Waals surface area (Å²) in [4.78, 5) is 0. The van der Waals surface area contributed by atoms with Crippen LogP contribution in [0.3, 0.4) is 0 Å². The van der Waals surface area contributed by atoms with E-state index in [-0.39, 0.29) is 0 Å². The maximum absolute atomic E-state index is 6.22. The van der Waals surface area contributed by atoms with Crippen LogP contribution in [-0.4, -0.2) is 13.2 Å². The van der Waals surface area contributed by atoms with Gasteiger partial charge in [0, 0.05) is 23.6 Å². The number of hydrogen-bond acceptors (Lipinski definition) is 3. The number of fused-ring (bicyclic) bond motifs is 1. The average Bonchev–Trinajstić information content (AvgIpc) is 2.53. The standard InChI is InChI=1S/C17H18ClNO2/c18-15-6-3-4-12(10-19)17(15)21-11-13-8-9-20-16-7-2-1-5-14(13)16/h1-7,13H,8-11,19H2. The maximum Gasteiger partial charge on any atom is 0.142 e. The van der Waals surface area contributed by atoms with Gasteiger partial charge in [0.1, 0.15) is 11.5 Å². The van der Waals surface area contributed by atoms with Crippen LogP contribution in [0.2, 0.25) is 5.02 Å². The smallest absolute Gasteiger partial charge is 0.142 e. The summed E-state index contributed by atoms with van der Waals surface area (Å²) in [6, 6.07) is 13.8. The van der Waals surface area contributed by atoms with E-state index >= 15 is 0 Å². The van der Waals surface area contributed by atoms with Crippen molar-refractivity contribution >= 4 is 11.6 Å². The molecular weight excluding hydrogens is 286 g/mol. The van der Waals surface area contributed by atoms with Crippen LogP contribution >= 0.6 is 11.6 Å². The lowest BCUT2D eigenvalue weighted by Gasteiger charge is -2.26. The van der Waals surface area contributed by atoms with E-state index in [1.54, 1.807) is 0 Å². The molecule has 4 heteroatoms. The van der Waals surface area contributed by atoms with Gasteiger partial charge >= 0.3 is 0 Å². The summed E-state index contributed by atoms with van der Waals surface area (Å²) < 4.78 is 11.7. The lowest BCUT2D eigenvalue weighted by molar-refractivity contribution is 0.216. The maximum atomic E-state index is 6.22. The van der Waals surface area contributed by atoms with Crippen LogP contribution < -0.4 is 15.2 Å². The Bertz CT molecular complexity index is 630. The van der Waals surface area contributed by atoms with Gasteiger partial charge in [-0.25, -0.2) is 0 Å². The van der Waals surface area contributed by atoms with Crippen LogP contribution in [0.5, 0.6) is 11.5 Å². The second-order valence-corrected chi connectivity index (χ2v) is 5.52. The fourth-order valence-corrected chi connectivity index (χ4v) is 2.90. The fourth-order valence-electron chi connectivity index (χ4n) is 2.65. The van der Waals surface area contributed by atoms with Crippen LogP contribution in [0, 0.1) is 0 Å². The number of rotatable bonds is 4. The van der Waals surface area contributed by atoms with Crippen LogP contribution in [0.25, 0.3) is 0 Å². The number of hydrogen-bond donors (Lipinski definition) is 1. The molecule has 3 rings (SSSR count). The van der Waals surface area contributed by atoms with Gasteiger partial charge in [-0.05, 0) is 18.6 Å². The normalized spacial score (nSPS) is 17.0. The summed E-state index contributed by atoms with van der Waals surface area (Å²) in [5.74, 6) is 1.97. The quantitative estimate of drug-likeness (QED) is 0.935. The van der Waals surface area contributed by atoms with Crippen molar-refractivity contribution in [3.05, 3.63) is 58.6 Å². The van der Waals surface area contributed by atoms with E-state index in [0.29, 0.717) is 29.8 Å². The lowest BCUT2D eigenvalue weighted by atomic mass is 9.94. The van der Waals surface area contributed by atoms with Crippen molar-refractivity contribution in [2.75, 3.05) is 13.2 Å². The highest BCUT2D eigenvalue weighted by Crippen LogP contribution is 2.35. The molecule has 1 aliphatic rings. The topological polar surface area (TPSA) is 44.5 Å². The van der Waals surface area contributed by atoms with E-state index < -0.39 is 0 Å². The monoisotopic (exact) mass is 303 g/mol. The molecule has 0 aromatic heterocycles. The second kappa shape index (κ2) is 6.37. The minimum Gasteiger partial charge on any atom is -0.493 e. The second-order valence-electron chi connectivity index (χ2n) is 5.12. The van der Waals surface area contributed by atoms with E-state index in [0.717, 1.165) is 24.3 Å². The zero-order valence-electron chi connectivity index (χ0n) is 11.7. The SMILES string of the molecule is NCc1cccc(Cl)c1OCC1CCOc2ccccc21. The third-order valence-electron chi connectivity index (χ3n) is 3.78. The molecule has 0 saturated heterocycles. The first-order valence-corrected chi connectivity index (χ1v) is 7.49. The van der Waals surface area contributed by atoms with Crippen molar-refractivity contribution < 1.29 is 9.47 Å². The summed E-state index contributed by atoms with van der Waals surface area (Å²) >= 11 is 6.22. The minimum absolute atomic E-state index is 0.317. The van der Waals surface area contributed by atoms with Gasteiger partial charge in [0.2, 0.25) is 0 Å². The lowest BCUT2D eigenvalue weighted by Crippen LogP contribution is -2.20. The first-order chi connectivity index (χ1) is 10.3. The van der Waals surface area contributed by atoms with Crippen LogP contribution in [0.1, 0.15) is 23.5 Å². The molecule has 1 heterocycles. The molecule has 0 spiro atoms. The Morgan fingerprint density at radius 1 is 1.19 bits per heavy atom. The summed E-state index contributed by atoms with van der Waals surface area (Å²) in [5, 5.41) is 0.610. The number of ether oxygens (including phenoxy) is 2. The molecule has 0 amide bonds. The largest absolute Gasteiger partial charge is 0.493 e. The first kappa shape index (κ1) is 14.2. The van der Waals surface area contributed by atoms with Gasteiger partial charge in [-0.2, -0.15) is 0 Å². The van der Waals surface area contributed by atoms with Crippen molar-refractivity contribution in [3.8, 4) is 11.5 Å². The third kappa shape index (κ3) is 2.99. The number of para-hydroxylation sites is 2. The van der Waals surface area contributed by atoms with E-state index in [1.807, 2.05) is 36.4 Å². The summed E-state index contributed by atoms with van der Waals surface area (Å²) in [6.07, 6.45) is 0.944. The predicted octanol–water partition coefficient (Wildman–Crippen LogP) is 3.74. The fraction of sp³-hybridized carbons (Fsp3) is 0.294. The van der Waals surface area contributed by atoms with Crippen molar-refractivity contribution in [2.24, 2.45) is 5.73 Å². The molecule has 21 heavy (non-hydrogen) atoms. The summed E-state index contributed by atoms with van der Waals surface area (Å²) in [5.41, 5.74) is 7.88. The van der Waals surface area contributed by atoms with Gasteiger partial charge in [0.05, 0.1) is 18.2 Å². The Morgan fingerprint density at radius 2 is 2.05 bits per heavy atom. The molecule has 0 aliphatic carbocycles. The van der Waals surface area contributed by atoms with Gasteiger partial charge in [0.15, 0.2) is 0 Å². The predicted molar refractivity (Wildman–Crippen MR) is 84.1 cm³/mol.